The molecular weight excluding hydrogens is 572 g/mol. The minimum atomic E-state index is -1.56. The first-order valence-electron chi connectivity index (χ1n) is 15.7. The summed E-state index contributed by atoms with van der Waals surface area (Å²) in [5, 5.41) is 27.8. The van der Waals surface area contributed by atoms with Gasteiger partial charge in [0, 0.05) is 22.4 Å². The maximum absolute atomic E-state index is 13.7. The Morgan fingerprint density at radius 1 is 0.422 bits per heavy atom. The van der Waals surface area contributed by atoms with Crippen LogP contribution in [0.2, 0.25) is 5.02 Å². The highest BCUT2D eigenvalue weighted by atomic mass is 35.5. The third-order valence-electron chi connectivity index (χ3n) is 10.6. The molecule has 3 aliphatic rings. The van der Waals surface area contributed by atoms with E-state index >= 15 is 0 Å². The van der Waals surface area contributed by atoms with Gasteiger partial charge in [0.1, 0.15) is 11.2 Å². The highest BCUT2D eigenvalue weighted by Crippen LogP contribution is 2.62. The Balaban J connectivity index is 1.40. The Morgan fingerprint density at radius 3 is 1.24 bits per heavy atom. The van der Waals surface area contributed by atoms with Gasteiger partial charge in [-0.25, -0.2) is 0 Å². The molecule has 218 valence electrons. The fourth-order valence-electron chi connectivity index (χ4n) is 8.82. The van der Waals surface area contributed by atoms with Crippen LogP contribution >= 0.6 is 11.6 Å². The van der Waals surface area contributed by atoms with E-state index in [-0.39, 0.29) is 0 Å². The monoisotopic (exact) mass is 602 g/mol. The average molecular weight is 603 g/mol. The number of hydrogen-bond acceptors (Lipinski definition) is 2. The number of halogens is 1. The lowest BCUT2D eigenvalue weighted by atomic mass is 9.55. The molecule has 6 aromatic carbocycles. The fourth-order valence-corrected chi connectivity index (χ4v) is 9.14. The molecule has 0 aromatic heterocycles. The van der Waals surface area contributed by atoms with Crippen molar-refractivity contribution >= 4 is 11.6 Å². The molecule has 0 amide bonds. The normalized spacial score (nSPS) is 21.5. The molecule has 2 atom stereocenters. The Labute approximate surface area is 268 Å². The van der Waals surface area contributed by atoms with Crippen LogP contribution in [0.1, 0.15) is 78.6 Å². The molecule has 2 unspecified atom stereocenters. The maximum Gasteiger partial charge on any atom is 0.128 e. The lowest BCUT2D eigenvalue weighted by molar-refractivity contribution is 0.0116. The van der Waals surface area contributed by atoms with Crippen LogP contribution in [0.25, 0.3) is 0 Å². The Morgan fingerprint density at radius 2 is 0.778 bits per heavy atom. The zero-order chi connectivity index (χ0) is 30.3. The SMILES string of the molecule is OC1(C2c3ccccc3Cc3ccccc32)c2ccccc2C(O)(C2c3ccccc3Cc3ccccc32)c2c(Cl)cccc21. The van der Waals surface area contributed by atoms with Crippen LogP contribution in [0.4, 0.5) is 0 Å². The van der Waals surface area contributed by atoms with E-state index in [1.807, 2.05) is 42.5 Å². The van der Waals surface area contributed by atoms with Crippen molar-refractivity contribution in [3.05, 3.63) is 211 Å². The van der Waals surface area contributed by atoms with Crippen LogP contribution < -0.4 is 0 Å². The number of fused-ring (bicyclic) bond motifs is 6. The van der Waals surface area contributed by atoms with Crippen molar-refractivity contribution < 1.29 is 10.2 Å². The Kier molecular flexibility index (Phi) is 5.83. The second-order valence-corrected chi connectivity index (χ2v) is 13.2. The lowest BCUT2D eigenvalue weighted by Crippen LogP contribution is -2.50. The summed E-state index contributed by atoms with van der Waals surface area (Å²) in [5.41, 5.74) is 8.68. The predicted molar refractivity (Wildman–Crippen MR) is 179 cm³/mol. The molecule has 9 rings (SSSR count). The average Bonchev–Trinajstić information content (AvgIpc) is 3.08. The van der Waals surface area contributed by atoms with E-state index in [1.165, 1.54) is 22.3 Å². The summed E-state index contributed by atoms with van der Waals surface area (Å²) >= 11 is 7.26. The molecule has 0 radical (unpaired) electrons. The number of rotatable bonds is 2. The van der Waals surface area contributed by atoms with Gasteiger partial charge in [-0.05, 0) is 80.1 Å². The van der Waals surface area contributed by atoms with Gasteiger partial charge in [0.2, 0.25) is 0 Å². The number of benzene rings is 6. The second-order valence-electron chi connectivity index (χ2n) is 12.8. The summed E-state index contributed by atoms with van der Waals surface area (Å²) in [6.45, 7) is 0. The van der Waals surface area contributed by atoms with E-state index in [0.717, 1.165) is 35.1 Å². The van der Waals surface area contributed by atoms with Gasteiger partial charge in [0.15, 0.2) is 0 Å². The molecule has 0 fully saturated rings. The Hall–Kier alpha value is -4.47. The molecule has 0 bridgehead atoms. The first-order valence-corrected chi connectivity index (χ1v) is 16.0. The van der Waals surface area contributed by atoms with Gasteiger partial charge in [-0.1, -0.05) is 145 Å². The molecule has 45 heavy (non-hydrogen) atoms. The second kappa shape index (κ2) is 9.76. The summed E-state index contributed by atoms with van der Waals surface area (Å²) in [7, 11) is 0. The maximum atomic E-state index is 13.7. The van der Waals surface area contributed by atoms with Crippen molar-refractivity contribution in [3.63, 3.8) is 0 Å². The van der Waals surface area contributed by atoms with Gasteiger partial charge in [0.25, 0.3) is 0 Å². The molecule has 2 nitrogen and oxygen atoms in total. The van der Waals surface area contributed by atoms with E-state index in [1.54, 1.807) is 0 Å². The van der Waals surface area contributed by atoms with E-state index in [2.05, 4.69) is 97.1 Å². The van der Waals surface area contributed by atoms with Crippen molar-refractivity contribution in [2.75, 3.05) is 0 Å². The van der Waals surface area contributed by atoms with Crippen LogP contribution in [0.15, 0.2) is 140 Å². The lowest BCUT2D eigenvalue weighted by Gasteiger charge is -2.52. The third kappa shape index (κ3) is 3.59. The first kappa shape index (κ1) is 26.9. The van der Waals surface area contributed by atoms with Gasteiger partial charge < -0.3 is 10.2 Å². The van der Waals surface area contributed by atoms with Crippen LogP contribution in [-0.4, -0.2) is 10.2 Å². The van der Waals surface area contributed by atoms with E-state index < -0.39 is 23.0 Å². The quantitative estimate of drug-likeness (QED) is 0.208. The standard InChI is InChI=1S/C42H31ClO2/c43-37-23-11-22-36-40(37)42(45,39-32-18-7-3-14-28(32)25-29-15-4-8-19-33(29)39)35-21-10-9-20-34(35)41(36,44)38-30-16-5-1-12-26(30)24-27-13-2-6-17-31(27)38/h1-23,38-39,44-45H,24-25H2. The van der Waals surface area contributed by atoms with Gasteiger partial charge in [0.05, 0.1) is 0 Å². The van der Waals surface area contributed by atoms with E-state index in [4.69, 9.17) is 11.6 Å². The van der Waals surface area contributed by atoms with Crippen LogP contribution in [0.5, 0.6) is 0 Å². The van der Waals surface area contributed by atoms with E-state index in [0.29, 0.717) is 27.3 Å². The fraction of sp³-hybridized carbons (Fsp3) is 0.143. The Bertz CT molecular complexity index is 2060. The molecule has 2 N–H and O–H groups in total. The van der Waals surface area contributed by atoms with Gasteiger partial charge in [-0.15, -0.1) is 0 Å². The van der Waals surface area contributed by atoms with Crippen LogP contribution in [0, 0.1) is 0 Å². The highest BCUT2D eigenvalue weighted by molar-refractivity contribution is 6.31. The zero-order valence-corrected chi connectivity index (χ0v) is 25.4. The van der Waals surface area contributed by atoms with Crippen molar-refractivity contribution in [1.82, 2.24) is 0 Å². The van der Waals surface area contributed by atoms with Crippen molar-refractivity contribution in [2.45, 2.75) is 35.9 Å². The van der Waals surface area contributed by atoms with Crippen molar-refractivity contribution in [1.29, 1.82) is 0 Å². The summed E-state index contributed by atoms with van der Waals surface area (Å²) in [4.78, 5) is 0. The molecule has 0 saturated carbocycles. The summed E-state index contributed by atoms with van der Waals surface area (Å²) in [5.74, 6) is -0.846. The van der Waals surface area contributed by atoms with Crippen LogP contribution in [0.3, 0.4) is 0 Å². The van der Waals surface area contributed by atoms with Crippen LogP contribution in [-0.2, 0) is 24.0 Å². The summed E-state index contributed by atoms with van der Waals surface area (Å²) < 4.78 is 0. The molecular formula is C42H31ClO2. The predicted octanol–water partition coefficient (Wildman–Crippen LogP) is 8.60. The number of aliphatic hydroxyl groups is 2. The minimum Gasteiger partial charge on any atom is -0.379 e. The first-order chi connectivity index (χ1) is 22.0. The van der Waals surface area contributed by atoms with Crippen molar-refractivity contribution in [2.24, 2.45) is 0 Å². The number of hydrogen-bond donors (Lipinski definition) is 2. The zero-order valence-electron chi connectivity index (χ0n) is 24.6. The molecule has 3 heteroatoms. The van der Waals surface area contributed by atoms with Crippen molar-refractivity contribution in [3.8, 4) is 0 Å². The smallest absolute Gasteiger partial charge is 0.128 e. The minimum absolute atomic E-state index is 0.410. The van der Waals surface area contributed by atoms with Gasteiger partial charge in [-0.3, -0.25) is 0 Å². The largest absolute Gasteiger partial charge is 0.379 e. The topological polar surface area (TPSA) is 40.5 Å². The molecule has 0 aliphatic heterocycles. The molecule has 6 aromatic rings. The molecule has 0 heterocycles. The molecule has 0 spiro atoms. The third-order valence-corrected chi connectivity index (χ3v) is 10.9. The molecule has 0 saturated heterocycles. The molecule has 3 aliphatic carbocycles. The van der Waals surface area contributed by atoms with Gasteiger partial charge in [-0.2, -0.15) is 0 Å². The summed E-state index contributed by atoms with van der Waals surface area (Å²) in [6.07, 6.45) is 1.61. The summed E-state index contributed by atoms with van der Waals surface area (Å²) in [6, 6.07) is 47.4. The highest BCUT2D eigenvalue weighted by Gasteiger charge is 2.58. The van der Waals surface area contributed by atoms with E-state index in [9.17, 15) is 10.2 Å². The van der Waals surface area contributed by atoms with Gasteiger partial charge >= 0.3 is 0 Å².